The van der Waals surface area contributed by atoms with E-state index in [0.717, 1.165) is 10.3 Å². The van der Waals surface area contributed by atoms with Gasteiger partial charge in [-0.2, -0.15) is 0 Å². The van der Waals surface area contributed by atoms with E-state index in [4.69, 9.17) is 0 Å². The summed E-state index contributed by atoms with van der Waals surface area (Å²) in [4.78, 5) is 0. The van der Waals surface area contributed by atoms with Crippen molar-refractivity contribution in [2.75, 3.05) is 26.6 Å². The van der Waals surface area contributed by atoms with Crippen LogP contribution in [0.1, 0.15) is 0 Å². The van der Waals surface area contributed by atoms with E-state index < -0.39 is 0 Å². The Bertz CT molecular complexity index is 202. The van der Waals surface area contributed by atoms with Gasteiger partial charge in [0.2, 0.25) is 10.3 Å². The molecule has 1 aliphatic heterocycles. The van der Waals surface area contributed by atoms with Gasteiger partial charge in [0.15, 0.2) is 0 Å². The molecule has 0 aromatic carbocycles. The number of hydrogen-bond donors (Lipinski definition) is 0. The normalized spacial score (nSPS) is 17.7. The van der Waals surface area contributed by atoms with Gasteiger partial charge in [-0.25, -0.2) is 0 Å². The second kappa shape index (κ2) is 4.04. The lowest BCUT2D eigenvalue weighted by Gasteiger charge is -2.33. The van der Waals surface area contributed by atoms with Crippen LogP contribution in [-0.2, 0) is 0 Å². The van der Waals surface area contributed by atoms with Crippen LogP contribution in [0.4, 0.5) is 0 Å². The second-order valence-electron chi connectivity index (χ2n) is 2.22. The summed E-state index contributed by atoms with van der Waals surface area (Å²) < 4.78 is 0. The van der Waals surface area contributed by atoms with Crippen molar-refractivity contribution < 1.29 is 0 Å². The molecule has 0 aromatic rings. The Hall–Kier alpha value is -0.360. The molecular formula is C6H12N4S2. The lowest BCUT2D eigenvalue weighted by atomic mass is 10.9. The maximum atomic E-state index is 4.06. The predicted octanol–water partition coefficient (Wildman–Crippen LogP) is 1.13. The molecule has 0 unspecified atom stereocenters. The van der Waals surface area contributed by atoms with E-state index >= 15 is 0 Å². The number of thioether (sulfide) groups is 2. The Balaban J connectivity index is 2.84. The van der Waals surface area contributed by atoms with Gasteiger partial charge in [0, 0.05) is 14.1 Å². The first-order chi connectivity index (χ1) is 5.70. The zero-order chi connectivity index (χ0) is 9.14. The fourth-order valence-corrected chi connectivity index (χ4v) is 1.84. The molecule has 68 valence electrons. The molecule has 0 fully saturated rings. The third-order valence-corrected chi connectivity index (χ3v) is 3.01. The molecule has 0 atom stereocenters. The van der Waals surface area contributed by atoms with Crippen molar-refractivity contribution in [2.45, 2.75) is 0 Å². The molecule has 0 aliphatic carbocycles. The smallest absolute Gasteiger partial charge is 0.204 e. The lowest BCUT2D eigenvalue weighted by molar-refractivity contribution is 0.211. The summed E-state index contributed by atoms with van der Waals surface area (Å²) >= 11 is 3.18. The van der Waals surface area contributed by atoms with Gasteiger partial charge in [-0.3, -0.25) is 10.0 Å². The summed E-state index contributed by atoms with van der Waals surface area (Å²) in [6.45, 7) is 0. The third-order valence-electron chi connectivity index (χ3n) is 1.59. The molecule has 1 heterocycles. The van der Waals surface area contributed by atoms with E-state index in [0.29, 0.717) is 0 Å². The molecule has 4 nitrogen and oxygen atoms in total. The minimum absolute atomic E-state index is 0.912. The van der Waals surface area contributed by atoms with Gasteiger partial charge in [-0.05, 0) is 12.5 Å². The van der Waals surface area contributed by atoms with Crippen LogP contribution in [0.25, 0.3) is 0 Å². The highest BCUT2D eigenvalue weighted by atomic mass is 32.2. The predicted molar refractivity (Wildman–Crippen MR) is 57.4 cm³/mol. The summed E-state index contributed by atoms with van der Waals surface area (Å²) in [5.74, 6) is 0. The molecule has 0 spiro atoms. The van der Waals surface area contributed by atoms with Crippen LogP contribution in [0.15, 0.2) is 10.2 Å². The lowest BCUT2D eigenvalue weighted by Crippen LogP contribution is -2.44. The molecular weight excluding hydrogens is 192 g/mol. The summed E-state index contributed by atoms with van der Waals surface area (Å²) in [6, 6.07) is 0. The maximum absolute atomic E-state index is 4.06. The molecule has 0 bridgehead atoms. The van der Waals surface area contributed by atoms with Crippen molar-refractivity contribution in [3.8, 4) is 0 Å². The van der Waals surface area contributed by atoms with E-state index in [1.54, 1.807) is 23.5 Å². The molecule has 0 saturated heterocycles. The van der Waals surface area contributed by atoms with Crippen LogP contribution in [0, 0.1) is 0 Å². The van der Waals surface area contributed by atoms with Crippen molar-refractivity contribution in [3.05, 3.63) is 0 Å². The van der Waals surface area contributed by atoms with E-state index in [1.165, 1.54) is 0 Å². The topological polar surface area (TPSA) is 31.2 Å². The SMILES string of the molecule is CSC1=NN=C(SC)N(C)N1C. The molecule has 0 N–H and O–H groups in total. The second-order valence-corrected chi connectivity index (χ2v) is 3.77. The van der Waals surface area contributed by atoms with Gasteiger partial charge in [-0.15, -0.1) is 10.2 Å². The van der Waals surface area contributed by atoms with Crippen LogP contribution >= 0.6 is 23.5 Å². The van der Waals surface area contributed by atoms with Crippen molar-refractivity contribution >= 4 is 33.9 Å². The van der Waals surface area contributed by atoms with E-state index in [1.807, 2.05) is 36.6 Å². The minimum Gasteiger partial charge on any atom is -0.263 e. The van der Waals surface area contributed by atoms with E-state index in [9.17, 15) is 0 Å². The highest BCUT2D eigenvalue weighted by molar-refractivity contribution is 8.13. The van der Waals surface area contributed by atoms with Crippen molar-refractivity contribution in [3.63, 3.8) is 0 Å². The molecule has 0 amide bonds. The van der Waals surface area contributed by atoms with E-state index in [-0.39, 0.29) is 0 Å². The first-order valence-corrected chi connectivity index (χ1v) is 5.86. The van der Waals surface area contributed by atoms with Gasteiger partial charge in [0.1, 0.15) is 0 Å². The quantitative estimate of drug-likeness (QED) is 0.592. The number of rotatable bonds is 0. The monoisotopic (exact) mass is 204 g/mol. The summed E-state index contributed by atoms with van der Waals surface area (Å²) in [5.41, 5.74) is 0. The van der Waals surface area contributed by atoms with Crippen LogP contribution < -0.4 is 0 Å². The largest absolute Gasteiger partial charge is 0.263 e. The Labute approximate surface area is 81.1 Å². The first kappa shape index (κ1) is 9.73. The molecule has 0 saturated carbocycles. The van der Waals surface area contributed by atoms with Gasteiger partial charge in [-0.1, -0.05) is 23.5 Å². The Kier molecular flexibility index (Phi) is 3.28. The number of amidine groups is 2. The van der Waals surface area contributed by atoms with Crippen LogP contribution in [0.5, 0.6) is 0 Å². The van der Waals surface area contributed by atoms with Gasteiger partial charge in [0.05, 0.1) is 0 Å². The average molecular weight is 204 g/mol. The van der Waals surface area contributed by atoms with Crippen LogP contribution in [-0.4, -0.2) is 47.0 Å². The standard InChI is InChI=1S/C6H12N4S2/c1-9-5(11-3)7-8-6(12-4)10(9)2/h1-4H3. The minimum atomic E-state index is 0.912. The maximum Gasteiger partial charge on any atom is 0.204 e. The highest BCUT2D eigenvalue weighted by Gasteiger charge is 2.18. The number of hydrogen-bond acceptors (Lipinski definition) is 6. The van der Waals surface area contributed by atoms with Crippen LogP contribution in [0.3, 0.4) is 0 Å². The Morgan fingerprint density at radius 3 is 1.50 bits per heavy atom. The van der Waals surface area contributed by atoms with Crippen LogP contribution in [0.2, 0.25) is 0 Å². The fraction of sp³-hybridized carbons (Fsp3) is 0.667. The molecule has 0 radical (unpaired) electrons. The first-order valence-electron chi connectivity index (χ1n) is 3.41. The Morgan fingerprint density at radius 2 is 1.25 bits per heavy atom. The van der Waals surface area contributed by atoms with Crippen molar-refractivity contribution in [2.24, 2.45) is 10.2 Å². The molecule has 6 heteroatoms. The summed E-state index contributed by atoms with van der Waals surface area (Å²) in [5, 5.41) is 13.9. The fourth-order valence-electron chi connectivity index (χ4n) is 0.818. The van der Waals surface area contributed by atoms with Gasteiger partial charge >= 0.3 is 0 Å². The van der Waals surface area contributed by atoms with Crippen molar-refractivity contribution in [1.82, 2.24) is 10.0 Å². The summed E-state index contributed by atoms with van der Waals surface area (Å²) in [7, 11) is 3.94. The third kappa shape index (κ3) is 1.69. The van der Waals surface area contributed by atoms with Crippen molar-refractivity contribution in [1.29, 1.82) is 0 Å². The molecule has 12 heavy (non-hydrogen) atoms. The average Bonchev–Trinajstić information content (AvgIpc) is 2.10. The van der Waals surface area contributed by atoms with E-state index in [2.05, 4.69) is 10.2 Å². The molecule has 0 aromatic heterocycles. The zero-order valence-corrected chi connectivity index (χ0v) is 9.24. The summed E-state index contributed by atoms with van der Waals surface area (Å²) in [6.07, 6.45) is 3.98. The molecule has 1 aliphatic rings. The van der Waals surface area contributed by atoms with Gasteiger partial charge in [0.25, 0.3) is 0 Å². The highest BCUT2D eigenvalue weighted by Crippen LogP contribution is 2.15. The number of hydrazine groups is 1. The van der Waals surface area contributed by atoms with Gasteiger partial charge < -0.3 is 0 Å². The zero-order valence-electron chi connectivity index (χ0n) is 7.61. The Morgan fingerprint density at radius 1 is 0.917 bits per heavy atom. The number of nitrogens with zero attached hydrogens (tertiary/aromatic N) is 4. The molecule has 1 rings (SSSR count).